The van der Waals surface area contributed by atoms with Crippen molar-refractivity contribution in [1.29, 1.82) is 0 Å². The van der Waals surface area contributed by atoms with Crippen molar-refractivity contribution < 1.29 is 14.3 Å². The number of nitrogens with zero attached hydrogens (tertiary/aromatic N) is 1. The lowest BCUT2D eigenvalue weighted by molar-refractivity contribution is -0.121. The summed E-state index contributed by atoms with van der Waals surface area (Å²) in [5.41, 5.74) is 5.41. The van der Waals surface area contributed by atoms with Crippen molar-refractivity contribution in [3.8, 4) is 11.5 Å². The summed E-state index contributed by atoms with van der Waals surface area (Å²) in [4.78, 5) is 12.1. The molecule has 3 rings (SSSR count). The van der Waals surface area contributed by atoms with Gasteiger partial charge in [-0.25, -0.2) is 5.43 Å². The fraction of sp³-hybridized carbons (Fsp3) is 0.222. The molecule has 0 fully saturated rings. The zero-order valence-corrected chi connectivity index (χ0v) is 13.6. The normalized spacial score (nSPS) is 13.8. The van der Waals surface area contributed by atoms with Gasteiger partial charge in [0.1, 0.15) is 6.04 Å². The Kier molecular flexibility index (Phi) is 4.65. The van der Waals surface area contributed by atoms with Crippen LogP contribution in [-0.2, 0) is 4.79 Å². The average Bonchev–Trinajstić information content (AvgIpc) is 3.04. The number of nitrogens with one attached hydrogen (secondary N) is 2. The molecule has 0 unspecified atom stereocenters. The third kappa shape index (κ3) is 3.84. The fourth-order valence-electron chi connectivity index (χ4n) is 2.23. The van der Waals surface area contributed by atoms with Crippen molar-refractivity contribution in [1.82, 2.24) is 5.43 Å². The Labute approximate surface area is 140 Å². The molecule has 1 amide bonds. The molecule has 0 saturated heterocycles. The lowest BCUT2D eigenvalue weighted by Gasteiger charge is -2.13. The number of aryl methyl sites for hydroxylation is 1. The SMILES string of the molecule is Cc1ccc(N[C@H](C)C(=O)N/N=C\c2ccc3c(c2)OCO3)cc1. The third-order valence-electron chi connectivity index (χ3n) is 3.61. The second-order valence-corrected chi connectivity index (χ2v) is 5.58. The predicted molar refractivity (Wildman–Crippen MR) is 92.6 cm³/mol. The Morgan fingerprint density at radius 3 is 2.71 bits per heavy atom. The van der Waals surface area contributed by atoms with Gasteiger partial charge in [0, 0.05) is 5.69 Å². The second-order valence-electron chi connectivity index (χ2n) is 5.58. The summed E-state index contributed by atoms with van der Waals surface area (Å²) in [5.74, 6) is 1.18. The first kappa shape index (κ1) is 15.9. The summed E-state index contributed by atoms with van der Waals surface area (Å²) >= 11 is 0. The Morgan fingerprint density at radius 1 is 1.17 bits per heavy atom. The second kappa shape index (κ2) is 7.04. The Morgan fingerprint density at radius 2 is 1.92 bits per heavy atom. The van der Waals surface area contributed by atoms with Gasteiger partial charge in [0.05, 0.1) is 6.21 Å². The number of rotatable bonds is 5. The molecule has 24 heavy (non-hydrogen) atoms. The third-order valence-corrected chi connectivity index (χ3v) is 3.61. The molecule has 2 N–H and O–H groups in total. The molecule has 0 aromatic heterocycles. The molecule has 2 aromatic carbocycles. The number of fused-ring (bicyclic) bond motifs is 1. The van der Waals surface area contributed by atoms with Gasteiger partial charge in [0.25, 0.3) is 5.91 Å². The monoisotopic (exact) mass is 325 g/mol. The average molecular weight is 325 g/mol. The standard InChI is InChI=1S/C18H19N3O3/c1-12-3-6-15(7-4-12)20-13(2)18(22)21-19-10-14-5-8-16-17(9-14)24-11-23-16/h3-10,13,20H,11H2,1-2H3,(H,21,22)/b19-10-/t13-/m1/s1. The molecule has 2 aromatic rings. The van der Waals surface area contributed by atoms with Crippen LogP contribution < -0.4 is 20.2 Å². The van der Waals surface area contributed by atoms with Gasteiger partial charge in [-0.05, 0) is 49.7 Å². The van der Waals surface area contributed by atoms with E-state index in [-0.39, 0.29) is 12.7 Å². The van der Waals surface area contributed by atoms with E-state index in [1.165, 1.54) is 5.56 Å². The molecule has 6 heteroatoms. The van der Waals surface area contributed by atoms with E-state index in [1.54, 1.807) is 13.1 Å². The van der Waals surface area contributed by atoms with Crippen LogP contribution in [0, 0.1) is 6.92 Å². The Hall–Kier alpha value is -3.02. The summed E-state index contributed by atoms with van der Waals surface area (Å²) in [5, 5.41) is 7.11. The number of amides is 1. The zero-order chi connectivity index (χ0) is 16.9. The molecule has 1 heterocycles. The molecule has 0 saturated carbocycles. The molecule has 0 radical (unpaired) electrons. The first-order valence-corrected chi connectivity index (χ1v) is 7.67. The van der Waals surface area contributed by atoms with E-state index in [9.17, 15) is 4.79 Å². The molecule has 1 aliphatic heterocycles. The fourth-order valence-corrected chi connectivity index (χ4v) is 2.23. The van der Waals surface area contributed by atoms with Gasteiger partial charge in [0.2, 0.25) is 6.79 Å². The molecule has 6 nitrogen and oxygen atoms in total. The van der Waals surface area contributed by atoms with Crippen LogP contribution in [0.5, 0.6) is 11.5 Å². The molecule has 1 aliphatic rings. The number of hydrogen-bond acceptors (Lipinski definition) is 5. The zero-order valence-electron chi connectivity index (χ0n) is 13.6. The van der Waals surface area contributed by atoms with Crippen LogP contribution >= 0.6 is 0 Å². The van der Waals surface area contributed by atoms with Gasteiger partial charge in [-0.3, -0.25) is 4.79 Å². The van der Waals surface area contributed by atoms with Crippen LogP contribution in [0.25, 0.3) is 0 Å². The minimum Gasteiger partial charge on any atom is -0.454 e. The molecule has 124 valence electrons. The molecule has 0 spiro atoms. The summed E-state index contributed by atoms with van der Waals surface area (Å²) in [6.45, 7) is 4.03. The van der Waals surface area contributed by atoms with Crippen molar-refractivity contribution in [2.24, 2.45) is 5.10 Å². The summed E-state index contributed by atoms with van der Waals surface area (Å²) < 4.78 is 10.5. The van der Waals surface area contributed by atoms with Crippen molar-refractivity contribution in [3.63, 3.8) is 0 Å². The maximum atomic E-state index is 12.1. The van der Waals surface area contributed by atoms with E-state index in [2.05, 4.69) is 15.8 Å². The number of carbonyl (C=O) groups is 1. The minimum absolute atomic E-state index is 0.215. The van der Waals surface area contributed by atoms with Crippen molar-refractivity contribution >= 4 is 17.8 Å². The van der Waals surface area contributed by atoms with E-state index in [1.807, 2.05) is 49.4 Å². The number of hydrazone groups is 1. The Balaban J connectivity index is 1.53. The maximum Gasteiger partial charge on any atom is 0.262 e. The van der Waals surface area contributed by atoms with Crippen LogP contribution in [-0.4, -0.2) is 25.0 Å². The summed E-state index contributed by atoms with van der Waals surface area (Å²) in [7, 11) is 0. The number of benzene rings is 2. The van der Waals surface area contributed by atoms with Crippen LogP contribution in [0.2, 0.25) is 0 Å². The van der Waals surface area contributed by atoms with Gasteiger partial charge in [-0.2, -0.15) is 5.10 Å². The predicted octanol–water partition coefficient (Wildman–Crippen LogP) is 2.67. The number of hydrogen-bond donors (Lipinski definition) is 2. The lowest BCUT2D eigenvalue weighted by atomic mass is 10.2. The highest BCUT2D eigenvalue weighted by atomic mass is 16.7. The van der Waals surface area contributed by atoms with E-state index in [0.717, 1.165) is 11.3 Å². The first-order chi connectivity index (χ1) is 11.6. The quantitative estimate of drug-likeness (QED) is 0.655. The van der Waals surface area contributed by atoms with Crippen molar-refractivity contribution in [2.75, 3.05) is 12.1 Å². The smallest absolute Gasteiger partial charge is 0.262 e. The van der Waals surface area contributed by atoms with Gasteiger partial charge in [-0.15, -0.1) is 0 Å². The first-order valence-electron chi connectivity index (χ1n) is 7.67. The minimum atomic E-state index is -0.401. The largest absolute Gasteiger partial charge is 0.454 e. The van der Waals surface area contributed by atoms with E-state index >= 15 is 0 Å². The van der Waals surface area contributed by atoms with Gasteiger partial charge in [0.15, 0.2) is 11.5 Å². The van der Waals surface area contributed by atoms with Crippen molar-refractivity contribution in [3.05, 3.63) is 53.6 Å². The highest BCUT2D eigenvalue weighted by molar-refractivity contribution is 5.86. The number of ether oxygens (including phenoxy) is 2. The molecule has 0 bridgehead atoms. The van der Waals surface area contributed by atoms with E-state index < -0.39 is 6.04 Å². The van der Waals surface area contributed by atoms with Crippen LogP contribution in [0.3, 0.4) is 0 Å². The van der Waals surface area contributed by atoms with E-state index in [0.29, 0.717) is 11.5 Å². The molecular formula is C18H19N3O3. The van der Waals surface area contributed by atoms with Crippen molar-refractivity contribution in [2.45, 2.75) is 19.9 Å². The van der Waals surface area contributed by atoms with Gasteiger partial charge >= 0.3 is 0 Å². The van der Waals surface area contributed by atoms with E-state index in [4.69, 9.17) is 9.47 Å². The van der Waals surface area contributed by atoms with Crippen LogP contribution in [0.4, 0.5) is 5.69 Å². The van der Waals surface area contributed by atoms with Crippen LogP contribution in [0.1, 0.15) is 18.1 Å². The maximum absolute atomic E-state index is 12.1. The van der Waals surface area contributed by atoms with Crippen LogP contribution in [0.15, 0.2) is 47.6 Å². The molecule has 0 aliphatic carbocycles. The molecule has 1 atom stereocenters. The highest BCUT2D eigenvalue weighted by Gasteiger charge is 2.13. The number of anilines is 1. The topological polar surface area (TPSA) is 72.0 Å². The van der Waals surface area contributed by atoms with Gasteiger partial charge < -0.3 is 14.8 Å². The summed E-state index contributed by atoms with van der Waals surface area (Å²) in [6, 6.07) is 12.9. The van der Waals surface area contributed by atoms with Gasteiger partial charge in [-0.1, -0.05) is 17.7 Å². The summed E-state index contributed by atoms with van der Waals surface area (Å²) in [6.07, 6.45) is 1.57. The Bertz CT molecular complexity index is 757. The lowest BCUT2D eigenvalue weighted by Crippen LogP contribution is -2.34. The number of carbonyl (C=O) groups excluding carboxylic acids is 1. The molecular weight excluding hydrogens is 306 g/mol. The highest BCUT2D eigenvalue weighted by Crippen LogP contribution is 2.31.